The molecule has 1 aliphatic rings. The third-order valence-electron chi connectivity index (χ3n) is 5.00. The molecule has 6 nitrogen and oxygen atoms in total. The van der Waals surface area contributed by atoms with E-state index < -0.39 is 21.7 Å². The van der Waals surface area contributed by atoms with Crippen LogP contribution in [0.1, 0.15) is 30.6 Å². The maximum atomic E-state index is 13.8. The van der Waals surface area contributed by atoms with Gasteiger partial charge in [-0.05, 0) is 60.7 Å². The fourth-order valence-electron chi connectivity index (χ4n) is 3.67. The minimum absolute atomic E-state index is 0.0532. The van der Waals surface area contributed by atoms with E-state index in [2.05, 4.69) is 19.2 Å². The quantitative estimate of drug-likeness (QED) is 0.799. The monoisotopic (exact) mass is 420 g/mol. The Morgan fingerprint density at radius 3 is 2.28 bits per heavy atom. The van der Waals surface area contributed by atoms with E-state index in [1.54, 1.807) is 0 Å². The molecule has 2 aromatic carbocycles. The predicted octanol–water partition coefficient (Wildman–Crippen LogP) is 3.75. The highest BCUT2D eigenvalue weighted by atomic mass is 32.2. The number of benzene rings is 2. The van der Waals surface area contributed by atoms with E-state index in [1.165, 1.54) is 47.8 Å². The maximum Gasteiger partial charge on any atom is 0.255 e. The number of hydrogen-bond donors (Lipinski definition) is 1. The van der Waals surface area contributed by atoms with Crippen LogP contribution >= 0.6 is 0 Å². The molecule has 1 saturated heterocycles. The number of carbonyl (C=O) groups is 1. The normalized spacial score (nSPS) is 20.3. The minimum Gasteiger partial charge on any atom is -0.494 e. The molecule has 1 amide bonds. The van der Waals surface area contributed by atoms with E-state index in [0.29, 0.717) is 30.6 Å². The Kier molecular flexibility index (Phi) is 6.24. The summed E-state index contributed by atoms with van der Waals surface area (Å²) in [5, 5.41) is 2.64. The van der Waals surface area contributed by atoms with Crippen LogP contribution in [-0.4, -0.2) is 38.8 Å². The van der Waals surface area contributed by atoms with Crippen molar-refractivity contribution in [1.29, 1.82) is 0 Å². The number of amides is 1. The number of ether oxygens (including phenoxy) is 1. The summed E-state index contributed by atoms with van der Waals surface area (Å²) in [6.45, 7) is 5.13. The Morgan fingerprint density at radius 1 is 1.10 bits per heavy atom. The molecule has 0 aromatic heterocycles. The number of nitrogens with one attached hydrogen (secondary N) is 1. The van der Waals surface area contributed by atoms with Crippen LogP contribution in [-0.2, 0) is 10.0 Å². The van der Waals surface area contributed by atoms with Gasteiger partial charge >= 0.3 is 0 Å². The standard InChI is InChI=1S/C21H25FN2O4S/c1-14-10-15(2)13-24(12-14)29(26,27)18-7-5-17(6-8-18)23-21(25)16-4-9-20(28-3)19(22)11-16/h4-9,11,14-15H,10,12-13H2,1-3H3,(H,23,25)/t14-,15-/m0/s1. The van der Waals surface area contributed by atoms with Gasteiger partial charge in [0.2, 0.25) is 10.0 Å². The molecule has 3 rings (SSSR count). The Bertz CT molecular complexity index is 982. The molecule has 0 bridgehead atoms. The third kappa shape index (κ3) is 4.76. The molecular formula is C21H25FN2O4S. The lowest BCUT2D eigenvalue weighted by atomic mass is 9.94. The number of methoxy groups -OCH3 is 1. The molecule has 1 N–H and O–H groups in total. The summed E-state index contributed by atoms with van der Waals surface area (Å²) >= 11 is 0. The molecule has 2 aromatic rings. The van der Waals surface area contributed by atoms with E-state index in [9.17, 15) is 17.6 Å². The number of rotatable bonds is 5. The lowest BCUT2D eigenvalue weighted by Crippen LogP contribution is -2.42. The zero-order valence-corrected chi connectivity index (χ0v) is 17.5. The van der Waals surface area contributed by atoms with Gasteiger partial charge in [-0.2, -0.15) is 4.31 Å². The van der Waals surface area contributed by atoms with Crippen molar-refractivity contribution in [2.45, 2.75) is 25.2 Å². The summed E-state index contributed by atoms with van der Waals surface area (Å²) in [5.41, 5.74) is 0.557. The Labute approximate surface area is 170 Å². The first-order valence-corrected chi connectivity index (χ1v) is 10.9. The molecule has 29 heavy (non-hydrogen) atoms. The van der Waals surface area contributed by atoms with Crippen molar-refractivity contribution in [1.82, 2.24) is 4.31 Å². The van der Waals surface area contributed by atoms with Crippen LogP contribution < -0.4 is 10.1 Å². The number of carbonyl (C=O) groups excluding carboxylic acids is 1. The van der Waals surface area contributed by atoms with E-state index in [-0.39, 0.29) is 16.2 Å². The molecule has 0 aliphatic carbocycles. The van der Waals surface area contributed by atoms with Crippen molar-refractivity contribution in [3.63, 3.8) is 0 Å². The van der Waals surface area contributed by atoms with Crippen molar-refractivity contribution in [3.8, 4) is 5.75 Å². The SMILES string of the molecule is COc1ccc(C(=O)Nc2ccc(S(=O)(=O)N3C[C@@H](C)C[C@H](C)C3)cc2)cc1F. The second-order valence-electron chi connectivity index (χ2n) is 7.60. The lowest BCUT2D eigenvalue weighted by molar-refractivity contribution is 0.102. The maximum absolute atomic E-state index is 13.8. The van der Waals surface area contributed by atoms with Crippen LogP contribution in [0.2, 0.25) is 0 Å². The number of piperidine rings is 1. The fourth-order valence-corrected chi connectivity index (χ4v) is 5.35. The van der Waals surface area contributed by atoms with Gasteiger partial charge in [-0.15, -0.1) is 0 Å². The van der Waals surface area contributed by atoms with E-state index in [4.69, 9.17) is 4.74 Å². The topological polar surface area (TPSA) is 75.7 Å². The summed E-state index contributed by atoms with van der Waals surface area (Å²) in [7, 11) is -2.24. The van der Waals surface area contributed by atoms with Crippen molar-refractivity contribution in [2.75, 3.05) is 25.5 Å². The zero-order chi connectivity index (χ0) is 21.2. The average Bonchev–Trinajstić information content (AvgIpc) is 2.67. The summed E-state index contributed by atoms with van der Waals surface area (Å²) < 4.78 is 46.0. The van der Waals surface area contributed by atoms with Gasteiger partial charge in [0.1, 0.15) is 0 Å². The molecule has 0 saturated carbocycles. The molecule has 156 valence electrons. The first-order chi connectivity index (χ1) is 13.7. The highest BCUT2D eigenvalue weighted by molar-refractivity contribution is 7.89. The third-order valence-corrected chi connectivity index (χ3v) is 6.85. The minimum atomic E-state index is -3.58. The summed E-state index contributed by atoms with van der Waals surface area (Å²) in [4.78, 5) is 12.5. The molecule has 1 heterocycles. The van der Waals surface area contributed by atoms with E-state index >= 15 is 0 Å². The van der Waals surface area contributed by atoms with Crippen LogP contribution in [0.4, 0.5) is 10.1 Å². The van der Waals surface area contributed by atoms with E-state index in [1.807, 2.05) is 0 Å². The van der Waals surface area contributed by atoms with Gasteiger partial charge in [0, 0.05) is 24.3 Å². The van der Waals surface area contributed by atoms with Gasteiger partial charge in [-0.3, -0.25) is 4.79 Å². The van der Waals surface area contributed by atoms with Crippen molar-refractivity contribution in [3.05, 3.63) is 53.8 Å². The first kappa shape index (κ1) is 21.3. The Hall–Kier alpha value is -2.45. The summed E-state index contributed by atoms with van der Waals surface area (Å²) in [5.74, 6) is -0.446. The molecule has 8 heteroatoms. The molecular weight excluding hydrogens is 395 g/mol. The highest BCUT2D eigenvalue weighted by Crippen LogP contribution is 2.27. The Morgan fingerprint density at radius 2 is 1.72 bits per heavy atom. The Balaban J connectivity index is 1.73. The molecule has 0 unspecified atom stereocenters. The van der Waals surface area contributed by atoms with Crippen LogP contribution in [0, 0.1) is 17.7 Å². The van der Waals surface area contributed by atoms with Gasteiger partial charge in [-0.1, -0.05) is 13.8 Å². The van der Waals surface area contributed by atoms with Crippen molar-refractivity contribution < 1.29 is 22.3 Å². The van der Waals surface area contributed by atoms with Gasteiger partial charge in [0.25, 0.3) is 5.91 Å². The first-order valence-electron chi connectivity index (χ1n) is 9.46. The lowest BCUT2D eigenvalue weighted by Gasteiger charge is -2.34. The molecule has 0 spiro atoms. The van der Waals surface area contributed by atoms with Crippen molar-refractivity contribution in [2.24, 2.45) is 11.8 Å². The van der Waals surface area contributed by atoms with Crippen LogP contribution in [0.3, 0.4) is 0 Å². The molecule has 0 radical (unpaired) electrons. The van der Waals surface area contributed by atoms with Crippen LogP contribution in [0.15, 0.2) is 47.4 Å². The second-order valence-corrected chi connectivity index (χ2v) is 9.53. The van der Waals surface area contributed by atoms with Gasteiger partial charge in [0.15, 0.2) is 11.6 Å². The zero-order valence-electron chi connectivity index (χ0n) is 16.7. The highest BCUT2D eigenvalue weighted by Gasteiger charge is 2.31. The summed E-state index contributed by atoms with van der Waals surface area (Å²) in [6, 6.07) is 9.93. The van der Waals surface area contributed by atoms with Crippen LogP contribution in [0.5, 0.6) is 5.75 Å². The van der Waals surface area contributed by atoms with Gasteiger partial charge in [-0.25, -0.2) is 12.8 Å². The number of sulfonamides is 1. The molecule has 2 atom stereocenters. The number of anilines is 1. The molecule has 1 fully saturated rings. The van der Waals surface area contributed by atoms with Crippen LogP contribution in [0.25, 0.3) is 0 Å². The van der Waals surface area contributed by atoms with Gasteiger partial charge < -0.3 is 10.1 Å². The van der Waals surface area contributed by atoms with E-state index in [0.717, 1.165) is 12.5 Å². The smallest absolute Gasteiger partial charge is 0.255 e. The van der Waals surface area contributed by atoms with Crippen molar-refractivity contribution >= 4 is 21.6 Å². The number of hydrogen-bond acceptors (Lipinski definition) is 4. The summed E-state index contributed by atoms with van der Waals surface area (Å²) in [6.07, 6.45) is 1.02. The fraction of sp³-hybridized carbons (Fsp3) is 0.381. The average molecular weight is 421 g/mol. The largest absolute Gasteiger partial charge is 0.494 e. The predicted molar refractivity (Wildman–Crippen MR) is 109 cm³/mol. The second kappa shape index (κ2) is 8.51. The van der Waals surface area contributed by atoms with Gasteiger partial charge in [0.05, 0.1) is 12.0 Å². The number of nitrogens with zero attached hydrogens (tertiary/aromatic N) is 1. The number of halogens is 1. The molecule has 1 aliphatic heterocycles.